The molecule has 29 heavy (non-hydrogen) atoms. The van der Waals surface area contributed by atoms with Crippen molar-refractivity contribution in [2.24, 2.45) is 0 Å². The van der Waals surface area contributed by atoms with Crippen molar-refractivity contribution in [3.63, 3.8) is 0 Å². The molecule has 2 aromatic carbocycles. The maximum absolute atomic E-state index is 12.5. The van der Waals surface area contributed by atoms with Crippen molar-refractivity contribution in [1.82, 2.24) is 9.78 Å². The summed E-state index contributed by atoms with van der Waals surface area (Å²) in [6.45, 7) is 2.74. The number of nitrogens with zero attached hydrogens (tertiary/aromatic N) is 2. The lowest BCUT2D eigenvalue weighted by atomic mass is 10.1. The van der Waals surface area contributed by atoms with Crippen molar-refractivity contribution in [2.75, 3.05) is 19.5 Å². The molecule has 3 aromatic rings. The molecule has 0 saturated carbocycles. The van der Waals surface area contributed by atoms with Crippen LogP contribution in [0.2, 0.25) is 0 Å². The quantitative estimate of drug-likeness (QED) is 0.595. The number of methoxy groups -OCH3 is 2. The number of aromatic nitrogens is 2. The van der Waals surface area contributed by atoms with E-state index in [-0.39, 0.29) is 5.91 Å². The van der Waals surface area contributed by atoms with Crippen LogP contribution in [0.25, 0.3) is 0 Å². The Morgan fingerprint density at radius 3 is 2.48 bits per heavy atom. The van der Waals surface area contributed by atoms with Gasteiger partial charge in [0.1, 0.15) is 17.3 Å². The van der Waals surface area contributed by atoms with E-state index in [0.717, 1.165) is 29.0 Å². The van der Waals surface area contributed by atoms with Crippen molar-refractivity contribution in [3.8, 4) is 11.5 Å². The van der Waals surface area contributed by atoms with Crippen LogP contribution >= 0.6 is 0 Å². The van der Waals surface area contributed by atoms with E-state index in [2.05, 4.69) is 41.6 Å². The van der Waals surface area contributed by atoms with Crippen LogP contribution in [0.5, 0.6) is 11.5 Å². The average Bonchev–Trinajstić information content (AvgIpc) is 3.18. The molecular formula is C23H27N3O3. The van der Waals surface area contributed by atoms with E-state index in [1.54, 1.807) is 25.1 Å². The summed E-state index contributed by atoms with van der Waals surface area (Å²) < 4.78 is 12.4. The minimum absolute atomic E-state index is 0.0713. The largest absolute Gasteiger partial charge is 0.497 e. The maximum Gasteiger partial charge on any atom is 0.225 e. The molecule has 0 spiro atoms. The Bertz CT molecular complexity index is 948. The molecule has 0 bridgehead atoms. The molecule has 0 aliphatic rings. The van der Waals surface area contributed by atoms with Crippen LogP contribution in [0.3, 0.4) is 0 Å². The summed E-state index contributed by atoms with van der Waals surface area (Å²) in [4.78, 5) is 12.5. The second kappa shape index (κ2) is 9.78. The monoisotopic (exact) mass is 393 g/mol. The van der Waals surface area contributed by atoms with Gasteiger partial charge in [0.25, 0.3) is 0 Å². The molecule has 0 aliphatic heterocycles. The Labute approximate surface area is 171 Å². The van der Waals surface area contributed by atoms with Gasteiger partial charge in [-0.3, -0.25) is 4.79 Å². The molecule has 1 aromatic heterocycles. The van der Waals surface area contributed by atoms with Crippen molar-refractivity contribution >= 4 is 11.7 Å². The molecule has 0 radical (unpaired) electrons. The number of carbonyl (C=O) groups is 1. The van der Waals surface area contributed by atoms with Crippen LogP contribution in [0.15, 0.2) is 54.7 Å². The molecule has 3 rings (SSSR count). The van der Waals surface area contributed by atoms with E-state index in [9.17, 15) is 4.79 Å². The molecule has 6 nitrogen and oxygen atoms in total. The number of nitrogens with one attached hydrogen (secondary N) is 1. The summed E-state index contributed by atoms with van der Waals surface area (Å²) in [5.74, 6) is 2.11. The van der Waals surface area contributed by atoms with E-state index in [0.29, 0.717) is 25.2 Å². The number of carbonyl (C=O) groups excluding carboxylic acids is 1. The minimum atomic E-state index is -0.0713. The molecule has 0 fully saturated rings. The minimum Gasteiger partial charge on any atom is -0.497 e. The number of amides is 1. The molecule has 152 valence electrons. The Balaban J connectivity index is 1.61. The highest BCUT2D eigenvalue weighted by atomic mass is 16.5. The van der Waals surface area contributed by atoms with Crippen molar-refractivity contribution in [1.29, 1.82) is 0 Å². The molecule has 6 heteroatoms. The topological polar surface area (TPSA) is 65.4 Å². The van der Waals surface area contributed by atoms with E-state index in [1.807, 2.05) is 24.3 Å². The summed E-state index contributed by atoms with van der Waals surface area (Å²) in [6, 6.07) is 15.8. The Hall–Kier alpha value is -3.28. The zero-order valence-corrected chi connectivity index (χ0v) is 17.1. The summed E-state index contributed by atoms with van der Waals surface area (Å²) >= 11 is 0. The van der Waals surface area contributed by atoms with E-state index >= 15 is 0 Å². The molecule has 0 aliphatic carbocycles. The number of hydrogen-bond donors (Lipinski definition) is 1. The third-order valence-electron chi connectivity index (χ3n) is 4.86. The molecule has 0 unspecified atom stereocenters. The SMILES string of the molecule is CCc1ccc(Cn2nccc2NC(=O)CCc2cc(OC)ccc2OC)cc1. The maximum atomic E-state index is 12.5. The third-order valence-corrected chi connectivity index (χ3v) is 4.86. The van der Waals surface area contributed by atoms with Crippen molar-refractivity contribution < 1.29 is 14.3 Å². The lowest BCUT2D eigenvalue weighted by molar-refractivity contribution is -0.116. The van der Waals surface area contributed by atoms with Gasteiger partial charge in [-0.15, -0.1) is 0 Å². The Morgan fingerprint density at radius 2 is 1.79 bits per heavy atom. The van der Waals surface area contributed by atoms with Gasteiger partial charge in [-0.05, 0) is 47.7 Å². The molecule has 0 atom stereocenters. The lowest BCUT2D eigenvalue weighted by Gasteiger charge is -2.12. The number of benzene rings is 2. The molecule has 0 saturated heterocycles. The summed E-state index contributed by atoms with van der Waals surface area (Å²) in [5, 5.41) is 7.30. The first-order valence-corrected chi connectivity index (χ1v) is 9.73. The first-order chi connectivity index (χ1) is 14.1. The van der Waals surface area contributed by atoms with Crippen LogP contribution in [0, 0.1) is 0 Å². The fourth-order valence-electron chi connectivity index (χ4n) is 3.15. The summed E-state index contributed by atoms with van der Waals surface area (Å²) in [5.41, 5.74) is 3.38. The van der Waals surface area contributed by atoms with Crippen molar-refractivity contribution in [2.45, 2.75) is 32.7 Å². The second-order valence-electron chi connectivity index (χ2n) is 6.77. The van der Waals surface area contributed by atoms with Gasteiger partial charge >= 0.3 is 0 Å². The van der Waals surface area contributed by atoms with E-state index < -0.39 is 0 Å². The van der Waals surface area contributed by atoms with E-state index in [1.165, 1.54) is 5.56 Å². The number of aryl methyl sites for hydroxylation is 2. The van der Waals surface area contributed by atoms with Gasteiger partial charge in [0, 0.05) is 12.5 Å². The standard InChI is InChI=1S/C23H27N3O3/c1-4-17-5-7-18(8-6-17)16-26-22(13-14-24-26)25-23(27)12-9-19-15-20(28-2)10-11-21(19)29-3/h5-8,10-11,13-15H,4,9,12,16H2,1-3H3,(H,25,27). The van der Waals surface area contributed by atoms with Crippen LogP contribution in [0.4, 0.5) is 5.82 Å². The van der Waals surface area contributed by atoms with Gasteiger partial charge in [-0.2, -0.15) is 5.10 Å². The number of ether oxygens (including phenoxy) is 2. The fourth-order valence-corrected chi connectivity index (χ4v) is 3.15. The van der Waals surface area contributed by atoms with Gasteiger partial charge in [0.2, 0.25) is 5.91 Å². The first kappa shape index (κ1) is 20.5. The highest BCUT2D eigenvalue weighted by Crippen LogP contribution is 2.25. The number of hydrogen-bond acceptors (Lipinski definition) is 4. The normalized spacial score (nSPS) is 10.6. The Morgan fingerprint density at radius 1 is 1.03 bits per heavy atom. The third kappa shape index (κ3) is 5.38. The zero-order valence-electron chi connectivity index (χ0n) is 17.1. The molecule has 1 N–H and O–H groups in total. The van der Waals surface area contributed by atoms with E-state index in [4.69, 9.17) is 9.47 Å². The highest BCUT2D eigenvalue weighted by molar-refractivity contribution is 5.90. The Kier molecular flexibility index (Phi) is 6.89. The van der Waals surface area contributed by atoms with Gasteiger partial charge in [-0.1, -0.05) is 31.2 Å². The fraction of sp³-hybridized carbons (Fsp3) is 0.304. The van der Waals surface area contributed by atoms with Crippen LogP contribution in [0.1, 0.15) is 30.0 Å². The summed E-state index contributed by atoms with van der Waals surface area (Å²) in [7, 11) is 3.24. The van der Waals surface area contributed by atoms with Gasteiger partial charge < -0.3 is 14.8 Å². The zero-order chi connectivity index (χ0) is 20.6. The lowest BCUT2D eigenvalue weighted by Crippen LogP contribution is -2.16. The predicted octanol–water partition coefficient (Wildman–Crippen LogP) is 4.08. The van der Waals surface area contributed by atoms with Gasteiger partial charge in [-0.25, -0.2) is 4.68 Å². The number of rotatable bonds is 9. The van der Waals surface area contributed by atoms with Gasteiger partial charge in [0.15, 0.2) is 0 Å². The van der Waals surface area contributed by atoms with Crippen LogP contribution in [-0.4, -0.2) is 29.9 Å². The average molecular weight is 393 g/mol. The molecule has 1 heterocycles. The van der Waals surface area contributed by atoms with Crippen molar-refractivity contribution in [3.05, 3.63) is 71.4 Å². The highest BCUT2D eigenvalue weighted by Gasteiger charge is 2.11. The van der Waals surface area contributed by atoms with Gasteiger partial charge in [0.05, 0.1) is 27.0 Å². The van der Waals surface area contributed by atoms with Crippen LogP contribution < -0.4 is 14.8 Å². The smallest absolute Gasteiger partial charge is 0.225 e. The molecule has 1 amide bonds. The predicted molar refractivity (Wildman–Crippen MR) is 114 cm³/mol. The second-order valence-corrected chi connectivity index (χ2v) is 6.77. The number of anilines is 1. The summed E-state index contributed by atoms with van der Waals surface area (Å²) in [6.07, 6.45) is 3.60. The first-order valence-electron chi connectivity index (χ1n) is 9.73. The van der Waals surface area contributed by atoms with Crippen LogP contribution in [-0.2, 0) is 24.2 Å². The molecular weight excluding hydrogens is 366 g/mol.